The molecule has 0 radical (unpaired) electrons. The predicted octanol–water partition coefficient (Wildman–Crippen LogP) is 9.13. The monoisotopic (exact) mass is 609 g/mol. The summed E-state index contributed by atoms with van der Waals surface area (Å²) in [6, 6.07) is 12.6. The SMILES string of the molecule is C=CCCc1ccc(OCCCCN2CCN(c3cccc(Cl)c3C)CC2)cc1N(C)COC(=C)C(C)(C)C(C)(C)CC. The van der Waals surface area contributed by atoms with Crippen LogP contribution >= 0.6 is 11.6 Å². The molecule has 6 heteroatoms. The van der Waals surface area contributed by atoms with Crippen LogP contribution < -0.4 is 14.5 Å². The topological polar surface area (TPSA) is 28.2 Å². The van der Waals surface area contributed by atoms with Crippen LogP contribution in [0.1, 0.15) is 71.4 Å². The lowest BCUT2D eigenvalue weighted by molar-refractivity contribution is 0.0559. The van der Waals surface area contributed by atoms with E-state index >= 15 is 0 Å². The quantitative estimate of drug-likeness (QED) is 0.0772. The maximum Gasteiger partial charge on any atom is 0.160 e. The number of anilines is 2. The van der Waals surface area contributed by atoms with Crippen LogP contribution in [0, 0.1) is 17.8 Å². The number of halogens is 1. The second kappa shape index (κ2) is 15.9. The van der Waals surface area contributed by atoms with Gasteiger partial charge in [0.2, 0.25) is 0 Å². The lowest BCUT2D eigenvalue weighted by Gasteiger charge is -2.42. The summed E-state index contributed by atoms with van der Waals surface area (Å²) in [6.45, 7) is 28.1. The van der Waals surface area contributed by atoms with E-state index in [0.29, 0.717) is 13.3 Å². The molecule has 0 atom stereocenters. The van der Waals surface area contributed by atoms with Gasteiger partial charge in [-0.3, -0.25) is 4.90 Å². The molecule has 0 saturated carbocycles. The van der Waals surface area contributed by atoms with Crippen molar-refractivity contribution in [2.75, 3.05) is 62.9 Å². The summed E-state index contributed by atoms with van der Waals surface area (Å²) < 4.78 is 12.5. The Morgan fingerprint density at radius 3 is 2.47 bits per heavy atom. The maximum absolute atomic E-state index is 6.35. The van der Waals surface area contributed by atoms with E-state index in [9.17, 15) is 0 Å². The highest BCUT2D eigenvalue weighted by Gasteiger charge is 2.39. The van der Waals surface area contributed by atoms with E-state index < -0.39 is 0 Å². The summed E-state index contributed by atoms with van der Waals surface area (Å²) in [5.74, 6) is 1.73. The van der Waals surface area contributed by atoms with Gasteiger partial charge in [-0.1, -0.05) is 77.4 Å². The number of aryl methyl sites for hydroxylation is 1. The molecule has 1 saturated heterocycles. The number of unbranched alkanes of at least 4 members (excludes halogenated alkanes) is 1. The first-order chi connectivity index (χ1) is 20.4. The van der Waals surface area contributed by atoms with E-state index in [0.717, 1.165) is 87.0 Å². The minimum atomic E-state index is -0.137. The Balaban J connectivity index is 1.48. The van der Waals surface area contributed by atoms with E-state index in [2.05, 4.69) is 101 Å². The highest BCUT2D eigenvalue weighted by Crippen LogP contribution is 2.46. The summed E-state index contributed by atoms with van der Waals surface area (Å²) in [4.78, 5) is 7.19. The van der Waals surface area contributed by atoms with E-state index in [1.807, 2.05) is 18.2 Å². The molecule has 2 aromatic rings. The van der Waals surface area contributed by atoms with E-state index in [4.69, 9.17) is 21.1 Å². The number of allylic oxidation sites excluding steroid dienone is 2. The van der Waals surface area contributed by atoms with E-state index in [1.54, 1.807) is 0 Å². The molecule has 3 rings (SSSR count). The number of hydrogen-bond donors (Lipinski definition) is 0. The van der Waals surface area contributed by atoms with Crippen molar-refractivity contribution in [3.05, 3.63) is 77.5 Å². The summed E-state index contributed by atoms with van der Waals surface area (Å²) >= 11 is 6.35. The Hall–Kier alpha value is -2.63. The van der Waals surface area contributed by atoms with Crippen molar-refractivity contribution >= 4 is 23.0 Å². The van der Waals surface area contributed by atoms with Crippen LogP contribution in [0.3, 0.4) is 0 Å². The van der Waals surface area contributed by atoms with Gasteiger partial charge < -0.3 is 19.3 Å². The minimum absolute atomic E-state index is 0.0932. The van der Waals surface area contributed by atoms with Crippen molar-refractivity contribution in [3.63, 3.8) is 0 Å². The van der Waals surface area contributed by atoms with Gasteiger partial charge in [-0.2, -0.15) is 0 Å². The number of rotatable bonds is 17. The molecule has 0 unspecified atom stereocenters. The second-order valence-electron chi connectivity index (χ2n) is 13.1. The Kier molecular flexibility index (Phi) is 12.9. The second-order valence-corrected chi connectivity index (χ2v) is 13.6. The number of hydrogen-bond acceptors (Lipinski definition) is 5. The lowest BCUT2D eigenvalue weighted by atomic mass is 9.65. The molecule has 1 fully saturated rings. The molecule has 0 N–H and O–H groups in total. The highest BCUT2D eigenvalue weighted by molar-refractivity contribution is 6.31. The predicted molar refractivity (Wildman–Crippen MR) is 186 cm³/mol. The molecule has 1 heterocycles. The number of piperazine rings is 1. The van der Waals surface area contributed by atoms with Crippen molar-refractivity contribution in [1.29, 1.82) is 0 Å². The van der Waals surface area contributed by atoms with Gasteiger partial charge in [0.25, 0.3) is 0 Å². The zero-order valence-corrected chi connectivity index (χ0v) is 28.7. The molecule has 5 nitrogen and oxygen atoms in total. The molecule has 0 aromatic heterocycles. The van der Waals surface area contributed by atoms with Crippen LogP contribution in [0.15, 0.2) is 61.4 Å². The van der Waals surface area contributed by atoms with Gasteiger partial charge in [0.1, 0.15) is 5.75 Å². The standard InChI is InChI=1S/C37H56ClN3O2/c1-10-12-16-31-19-20-32(27-35(31)39(9)28-43-30(4)37(7,8)36(5,6)11-2)42-26-14-13-21-40-22-24-41(25-23-40)34-18-15-17-33(38)29(34)3/h10,15,17-20,27H,1,4,11-14,16,21-26,28H2,2-3,5-9H3. The molecule has 1 aliphatic rings. The van der Waals surface area contributed by atoms with Crippen LogP contribution in [-0.4, -0.2) is 58.0 Å². The van der Waals surface area contributed by atoms with Gasteiger partial charge in [-0.25, -0.2) is 0 Å². The normalized spacial score (nSPS) is 14.5. The number of ether oxygens (including phenoxy) is 2. The lowest BCUT2D eigenvalue weighted by Crippen LogP contribution is -2.46. The summed E-state index contributed by atoms with van der Waals surface area (Å²) in [7, 11) is 2.08. The zero-order chi connectivity index (χ0) is 31.6. The largest absolute Gasteiger partial charge is 0.494 e. The fraction of sp³-hybridized carbons (Fsp3) is 0.568. The Morgan fingerprint density at radius 1 is 1.07 bits per heavy atom. The van der Waals surface area contributed by atoms with E-state index in [-0.39, 0.29) is 10.8 Å². The fourth-order valence-electron chi connectivity index (χ4n) is 5.48. The van der Waals surface area contributed by atoms with Crippen molar-refractivity contribution < 1.29 is 9.47 Å². The molecular formula is C37H56ClN3O2. The average Bonchev–Trinajstić information content (AvgIpc) is 3.00. The van der Waals surface area contributed by atoms with Crippen molar-refractivity contribution in [3.8, 4) is 5.75 Å². The van der Waals surface area contributed by atoms with Crippen LogP contribution in [0.2, 0.25) is 5.02 Å². The van der Waals surface area contributed by atoms with Crippen LogP contribution in [0.25, 0.3) is 0 Å². The van der Waals surface area contributed by atoms with Gasteiger partial charge in [-0.15, -0.1) is 6.58 Å². The third-order valence-electron chi connectivity index (χ3n) is 9.88. The first-order valence-electron chi connectivity index (χ1n) is 16.0. The van der Waals surface area contributed by atoms with Crippen molar-refractivity contribution in [2.24, 2.45) is 10.8 Å². The molecule has 1 aliphatic heterocycles. The average molecular weight is 610 g/mol. The Morgan fingerprint density at radius 2 is 1.79 bits per heavy atom. The van der Waals surface area contributed by atoms with Gasteiger partial charge in [-0.05, 0) is 73.9 Å². The molecular weight excluding hydrogens is 554 g/mol. The van der Waals surface area contributed by atoms with Crippen molar-refractivity contribution in [2.45, 2.75) is 73.6 Å². The van der Waals surface area contributed by atoms with Gasteiger partial charge in [0.15, 0.2) is 6.73 Å². The first-order valence-corrected chi connectivity index (χ1v) is 16.4. The highest BCUT2D eigenvalue weighted by atomic mass is 35.5. The Labute approximate surface area is 267 Å². The van der Waals surface area contributed by atoms with Crippen molar-refractivity contribution in [1.82, 2.24) is 4.90 Å². The fourth-order valence-corrected chi connectivity index (χ4v) is 5.65. The Bertz CT molecular complexity index is 1200. The third kappa shape index (κ3) is 9.18. The third-order valence-corrected chi connectivity index (χ3v) is 10.3. The van der Waals surface area contributed by atoms with Crippen LogP contribution in [0.5, 0.6) is 5.75 Å². The summed E-state index contributed by atoms with van der Waals surface area (Å²) in [6.07, 6.45) is 7.05. The molecule has 0 bridgehead atoms. The smallest absolute Gasteiger partial charge is 0.160 e. The summed E-state index contributed by atoms with van der Waals surface area (Å²) in [5.41, 5.74) is 4.80. The molecule has 2 aromatic carbocycles. The molecule has 0 amide bonds. The minimum Gasteiger partial charge on any atom is -0.494 e. The zero-order valence-electron chi connectivity index (χ0n) is 28.0. The van der Waals surface area contributed by atoms with Gasteiger partial charge >= 0.3 is 0 Å². The molecule has 0 aliphatic carbocycles. The maximum atomic E-state index is 6.35. The first kappa shape index (κ1) is 34.9. The van der Waals surface area contributed by atoms with E-state index in [1.165, 1.54) is 16.8 Å². The molecule has 43 heavy (non-hydrogen) atoms. The molecule has 238 valence electrons. The number of nitrogens with zero attached hydrogens (tertiary/aromatic N) is 3. The summed E-state index contributed by atoms with van der Waals surface area (Å²) in [5, 5.41) is 0.847. The number of benzene rings is 2. The van der Waals surface area contributed by atoms with Crippen LogP contribution in [-0.2, 0) is 11.2 Å². The van der Waals surface area contributed by atoms with Gasteiger partial charge in [0, 0.05) is 61.1 Å². The van der Waals surface area contributed by atoms with Crippen LogP contribution in [0.4, 0.5) is 11.4 Å². The molecule has 0 spiro atoms. The van der Waals surface area contributed by atoms with Gasteiger partial charge in [0.05, 0.1) is 12.4 Å².